The lowest BCUT2D eigenvalue weighted by Crippen LogP contribution is -2.30. The minimum absolute atomic E-state index is 0.00666. The number of hydrogen-bond donors (Lipinski definition) is 1. The maximum atomic E-state index is 12.1. The normalized spacial score (nSPS) is 24.5. The lowest BCUT2D eigenvalue weighted by Gasteiger charge is -2.11. The van der Waals surface area contributed by atoms with Gasteiger partial charge < -0.3 is 9.63 Å². The van der Waals surface area contributed by atoms with E-state index in [0.717, 1.165) is 0 Å². The molecule has 108 valence electrons. The molecule has 2 unspecified atom stereocenters. The van der Waals surface area contributed by atoms with Crippen LogP contribution >= 0.6 is 0 Å². The fraction of sp³-hybridized carbons (Fsp3) is 0.778. The molecular formula is C9H11F3N2O4S. The van der Waals surface area contributed by atoms with E-state index in [1.165, 1.54) is 0 Å². The largest absolute Gasteiger partial charge is 0.414 e. The number of hydrogen-bond acceptors (Lipinski definition) is 6. The van der Waals surface area contributed by atoms with Crippen LogP contribution in [-0.4, -0.2) is 47.5 Å². The highest BCUT2D eigenvalue weighted by Gasteiger charge is 2.40. The van der Waals surface area contributed by atoms with Crippen LogP contribution in [0.4, 0.5) is 13.2 Å². The molecule has 0 spiro atoms. The van der Waals surface area contributed by atoms with Gasteiger partial charge in [-0.1, -0.05) is 5.16 Å². The van der Waals surface area contributed by atoms with Crippen LogP contribution in [0.5, 0.6) is 0 Å². The molecule has 0 amide bonds. The van der Waals surface area contributed by atoms with Crippen LogP contribution in [-0.2, 0) is 16.3 Å². The maximum absolute atomic E-state index is 12.1. The summed E-state index contributed by atoms with van der Waals surface area (Å²) in [5, 5.41) is 12.3. The molecule has 0 aliphatic carbocycles. The number of sulfone groups is 1. The van der Waals surface area contributed by atoms with Gasteiger partial charge in [-0.3, -0.25) is 0 Å². The molecule has 0 radical (unpaired) electrons. The van der Waals surface area contributed by atoms with Gasteiger partial charge in [0.2, 0.25) is 5.89 Å². The molecule has 10 heteroatoms. The second-order valence-corrected chi connectivity index (χ2v) is 6.64. The van der Waals surface area contributed by atoms with Crippen molar-refractivity contribution in [2.45, 2.75) is 31.0 Å². The number of rotatable bonds is 3. The minimum atomic E-state index is -4.76. The van der Waals surface area contributed by atoms with Crippen molar-refractivity contribution in [2.24, 2.45) is 0 Å². The SMILES string of the molecule is O=S1(=O)CCC(c2noc(CC(O)C(F)(F)F)n2)C1. The Bertz CT molecular complexity index is 554. The first kappa shape index (κ1) is 14.3. The first-order chi connectivity index (χ1) is 8.67. The first-order valence-electron chi connectivity index (χ1n) is 5.45. The number of aliphatic hydroxyl groups is 1. The lowest BCUT2D eigenvalue weighted by atomic mass is 10.1. The third-order valence-corrected chi connectivity index (χ3v) is 4.60. The van der Waals surface area contributed by atoms with Gasteiger partial charge in [-0.2, -0.15) is 18.2 Å². The van der Waals surface area contributed by atoms with Crippen LogP contribution in [0.1, 0.15) is 24.1 Å². The number of alkyl halides is 3. The van der Waals surface area contributed by atoms with Crippen LogP contribution in [0.25, 0.3) is 0 Å². The summed E-state index contributed by atoms with van der Waals surface area (Å²) in [4.78, 5) is 3.71. The highest BCUT2D eigenvalue weighted by atomic mass is 32.2. The number of nitrogens with zero attached hydrogens (tertiary/aromatic N) is 2. The summed E-state index contributed by atoms with van der Waals surface area (Å²) in [6.45, 7) is 0. The molecular weight excluding hydrogens is 289 g/mol. The molecule has 1 aliphatic heterocycles. The average Bonchev–Trinajstić information content (AvgIpc) is 2.83. The van der Waals surface area contributed by atoms with Gasteiger partial charge in [0.05, 0.1) is 17.9 Å². The molecule has 6 nitrogen and oxygen atoms in total. The van der Waals surface area contributed by atoms with Crippen molar-refractivity contribution in [3.05, 3.63) is 11.7 Å². The highest BCUT2D eigenvalue weighted by molar-refractivity contribution is 7.91. The van der Waals surface area contributed by atoms with Gasteiger partial charge in [0, 0.05) is 5.92 Å². The zero-order valence-electron chi connectivity index (χ0n) is 9.59. The Kier molecular flexibility index (Phi) is 3.56. The third kappa shape index (κ3) is 3.44. The van der Waals surface area contributed by atoms with Gasteiger partial charge in [-0.25, -0.2) is 8.42 Å². The first-order valence-corrected chi connectivity index (χ1v) is 7.27. The predicted octanol–water partition coefficient (Wildman–Crippen LogP) is 0.437. The Labute approximate surface area is 106 Å². The molecule has 0 bridgehead atoms. The zero-order valence-corrected chi connectivity index (χ0v) is 10.4. The predicted molar refractivity (Wildman–Crippen MR) is 56.1 cm³/mol. The van der Waals surface area contributed by atoms with Gasteiger partial charge in [0.15, 0.2) is 21.8 Å². The smallest absolute Gasteiger partial charge is 0.383 e. The van der Waals surface area contributed by atoms with E-state index in [2.05, 4.69) is 14.7 Å². The fourth-order valence-corrected chi connectivity index (χ4v) is 3.54. The van der Waals surface area contributed by atoms with Crippen molar-refractivity contribution in [3.63, 3.8) is 0 Å². The Morgan fingerprint density at radius 1 is 1.47 bits per heavy atom. The zero-order chi connectivity index (χ0) is 14.3. The van der Waals surface area contributed by atoms with E-state index in [9.17, 15) is 21.6 Å². The van der Waals surface area contributed by atoms with Crippen LogP contribution < -0.4 is 0 Å². The maximum Gasteiger partial charge on any atom is 0.414 e. The number of halogens is 3. The Hall–Kier alpha value is -1.16. The second-order valence-electron chi connectivity index (χ2n) is 4.41. The summed E-state index contributed by atoms with van der Waals surface area (Å²) in [7, 11) is -3.13. The summed E-state index contributed by atoms with van der Waals surface area (Å²) >= 11 is 0. The Morgan fingerprint density at radius 2 is 2.16 bits per heavy atom. The highest BCUT2D eigenvalue weighted by Crippen LogP contribution is 2.27. The molecule has 19 heavy (non-hydrogen) atoms. The molecule has 2 heterocycles. The average molecular weight is 300 g/mol. The second kappa shape index (κ2) is 4.75. The lowest BCUT2D eigenvalue weighted by molar-refractivity contribution is -0.204. The van der Waals surface area contributed by atoms with Gasteiger partial charge in [0.25, 0.3) is 0 Å². The van der Waals surface area contributed by atoms with Crippen molar-refractivity contribution < 1.29 is 31.2 Å². The van der Waals surface area contributed by atoms with Crippen LogP contribution in [0.2, 0.25) is 0 Å². The summed E-state index contributed by atoms with van der Waals surface area (Å²) in [5.41, 5.74) is 0. The molecule has 1 aliphatic rings. The molecule has 2 rings (SSSR count). The Balaban J connectivity index is 2.04. The van der Waals surface area contributed by atoms with Crippen molar-refractivity contribution in [3.8, 4) is 0 Å². The van der Waals surface area contributed by atoms with Crippen molar-refractivity contribution in [1.29, 1.82) is 0 Å². The van der Waals surface area contributed by atoms with Crippen LogP contribution in [0.15, 0.2) is 4.52 Å². The molecule has 1 N–H and O–H groups in total. The van der Waals surface area contributed by atoms with E-state index in [0.29, 0.717) is 6.42 Å². The molecule has 2 atom stereocenters. The molecule has 1 saturated heterocycles. The van der Waals surface area contributed by atoms with Crippen molar-refractivity contribution in [1.82, 2.24) is 10.1 Å². The molecule has 1 aromatic heterocycles. The fourth-order valence-electron chi connectivity index (χ4n) is 1.80. The van der Waals surface area contributed by atoms with Crippen LogP contribution in [0.3, 0.4) is 0 Å². The topological polar surface area (TPSA) is 93.3 Å². The molecule has 0 aromatic carbocycles. The van der Waals surface area contributed by atoms with E-state index in [1.54, 1.807) is 0 Å². The van der Waals surface area contributed by atoms with E-state index < -0.39 is 34.5 Å². The van der Waals surface area contributed by atoms with Gasteiger partial charge in [-0.15, -0.1) is 0 Å². The van der Waals surface area contributed by atoms with Crippen molar-refractivity contribution in [2.75, 3.05) is 11.5 Å². The summed E-state index contributed by atoms with van der Waals surface area (Å²) in [6, 6.07) is 0. The van der Waals surface area contributed by atoms with Crippen molar-refractivity contribution >= 4 is 9.84 Å². The van der Waals surface area contributed by atoms with Gasteiger partial charge in [0.1, 0.15) is 0 Å². The summed E-state index contributed by atoms with van der Waals surface area (Å²) < 4.78 is 63.5. The van der Waals surface area contributed by atoms with Gasteiger partial charge in [-0.05, 0) is 6.42 Å². The number of aliphatic hydroxyl groups excluding tert-OH is 1. The number of aromatic nitrogens is 2. The van der Waals surface area contributed by atoms with Gasteiger partial charge >= 0.3 is 6.18 Å². The van der Waals surface area contributed by atoms with Crippen LogP contribution in [0, 0.1) is 0 Å². The summed E-state index contributed by atoms with van der Waals surface area (Å²) in [5.74, 6) is -0.861. The third-order valence-electron chi connectivity index (χ3n) is 2.83. The minimum Gasteiger partial charge on any atom is -0.383 e. The standard InChI is InChI=1S/C9H11F3N2O4S/c10-9(11,12)6(15)3-7-13-8(14-18-7)5-1-2-19(16,17)4-5/h5-6,15H,1-4H2. The molecule has 0 saturated carbocycles. The molecule has 1 aromatic rings. The molecule has 1 fully saturated rings. The Morgan fingerprint density at radius 3 is 2.68 bits per heavy atom. The van der Waals surface area contributed by atoms with E-state index in [1.807, 2.05) is 0 Å². The van der Waals surface area contributed by atoms with E-state index in [-0.39, 0.29) is 23.2 Å². The monoisotopic (exact) mass is 300 g/mol. The van der Waals surface area contributed by atoms with E-state index >= 15 is 0 Å². The quantitative estimate of drug-likeness (QED) is 0.870. The van der Waals surface area contributed by atoms with E-state index in [4.69, 9.17) is 5.11 Å². The summed E-state index contributed by atoms with van der Waals surface area (Å²) in [6.07, 6.45) is -7.85.